The molecular formula is C29H31NO2. The molecule has 0 unspecified atom stereocenters. The summed E-state index contributed by atoms with van der Waals surface area (Å²) in [5, 5.41) is 0. The van der Waals surface area contributed by atoms with Crippen LogP contribution in [0.5, 0.6) is 0 Å². The molecule has 0 aromatic heterocycles. The molecule has 0 saturated carbocycles. The van der Waals surface area contributed by atoms with Crippen molar-refractivity contribution >= 4 is 5.78 Å². The zero-order valence-corrected chi connectivity index (χ0v) is 18.5. The van der Waals surface area contributed by atoms with Crippen LogP contribution in [0.3, 0.4) is 0 Å². The maximum atomic E-state index is 13.6. The van der Waals surface area contributed by atoms with Crippen LogP contribution in [0.25, 0.3) is 0 Å². The van der Waals surface area contributed by atoms with E-state index in [1.54, 1.807) is 0 Å². The fraction of sp³-hybridized carbons (Fsp3) is 0.276. The minimum atomic E-state index is -0.316. The first-order valence-corrected chi connectivity index (χ1v) is 11.5. The lowest BCUT2D eigenvalue weighted by Gasteiger charge is -2.31. The molecule has 0 saturated heterocycles. The molecular weight excluding hydrogens is 394 g/mol. The molecule has 0 N–H and O–H groups in total. The van der Waals surface area contributed by atoms with E-state index in [-0.39, 0.29) is 11.8 Å². The lowest BCUT2D eigenvalue weighted by Crippen LogP contribution is -2.44. The molecule has 0 heterocycles. The van der Waals surface area contributed by atoms with E-state index >= 15 is 0 Å². The van der Waals surface area contributed by atoms with Gasteiger partial charge in [-0.3, -0.25) is 9.69 Å². The van der Waals surface area contributed by atoms with E-state index < -0.39 is 0 Å². The van der Waals surface area contributed by atoms with Gasteiger partial charge in [0.25, 0.3) is 0 Å². The summed E-state index contributed by atoms with van der Waals surface area (Å²) in [6.45, 7) is 2.29. The highest BCUT2D eigenvalue weighted by molar-refractivity contribution is 5.99. The van der Waals surface area contributed by atoms with Crippen LogP contribution in [-0.4, -0.2) is 23.3 Å². The monoisotopic (exact) mass is 425 g/mol. The Morgan fingerprint density at radius 2 is 1.31 bits per heavy atom. The van der Waals surface area contributed by atoms with Gasteiger partial charge in [-0.2, -0.15) is 0 Å². The normalized spacial score (nSPS) is 14.3. The van der Waals surface area contributed by atoms with Gasteiger partial charge in [-0.05, 0) is 41.5 Å². The number of hydrogen-bond acceptors (Lipinski definition) is 3. The van der Waals surface area contributed by atoms with Crippen molar-refractivity contribution in [3.05, 3.63) is 119 Å². The number of allylic oxidation sites excluding steroid dienone is 1. The molecule has 1 aliphatic rings. The summed E-state index contributed by atoms with van der Waals surface area (Å²) in [6, 6.07) is 30.6. The van der Waals surface area contributed by atoms with Gasteiger partial charge in [0.15, 0.2) is 5.78 Å². The first-order valence-electron chi connectivity index (χ1n) is 11.5. The van der Waals surface area contributed by atoms with Crippen molar-refractivity contribution in [1.29, 1.82) is 0 Å². The van der Waals surface area contributed by atoms with Gasteiger partial charge in [0.2, 0.25) is 0 Å². The van der Waals surface area contributed by atoms with E-state index in [4.69, 9.17) is 4.74 Å². The molecule has 0 fully saturated rings. The first kappa shape index (κ1) is 22.2. The minimum Gasteiger partial charge on any atom is -0.375 e. The number of rotatable bonds is 11. The molecule has 4 rings (SSSR count). The van der Waals surface area contributed by atoms with E-state index in [0.29, 0.717) is 26.3 Å². The molecule has 164 valence electrons. The van der Waals surface area contributed by atoms with Crippen molar-refractivity contribution < 1.29 is 9.53 Å². The maximum Gasteiger partial charge on any atom is 0.178 e. The van der Waals surface area contributed by atoms with Crippen molar-refractivity contribution in [2.24, 2.45) is 0 Å². The summed E-state index contributed by atoms with van der Waals surface area (Å²) in [4.78, 5) is 15.9. The smallest absolute Gasteiger partial charge is 0.178 e. The number of ether oxygens (including phenoxy) is 1. The number of carbonyl (C=O) groups is 1. The number of nitrogens with zero attached hydrogens (tertiary/aromatic N) is 1. The molecule has 3 aromatic rings. The summed E-state index contributed by atoms with van der Waals surface area (Å²) in [5.74, 6) is 0.211. The predicted octanol–water partition coefficient (Wildman–Crippen LogP) is 5.95. The van der Waals surface area contributed by atoms with Crippen LogP contribution in [0, 0.1) is 0 Å². The van der Waals surface area contributed by atoms with Crippen molar-refractivity contribution in [2.75, 3.05) is 6.61 Å². The van der Waals surface area contributed by atoms with Gasteiger partial charge >= 0.3 is 0 Å². The van der Waals surface area contributed by atoms with E-state index in [0.717, 1.165) is 30.4 Å². The van der Waals surface area contributed by atoms with E-state index in [1.807, 2.05) is 30.3 Å². The lowest BCUT2D eigenvalue weighted by atomic mass is 10.0. The van der Waals surface area contributed by atoms with Crippen LogP contribution in [0.2, 0.25) is 0 Å². The summed E-state index contributed by atoms with van der Waals surface area (Å²) in [5.41, 5.74) is 4.48. The number of benzene rings is 3. The summed E-state index contributed by atoms with van der Waals surface area (Å²) in [7, 11) is 0. The Hall–Kier alpha value is -3.01. The molecule has 0 bridgehead atoms. The van der Waals surface area contributed by atoms with Gasteiger partial charge in [-0.25, -0.2) is 0 Å². The Kier molecular flexibility index (Phi) is 8.02. The molecule has 0 radical (unpaired) electrons. The van der Waals surface area contributed by atoms with Crippen LogP contribution in [-0.2, 0) is 29.2 Å². The van der Waals surface area contributed by atoms with Gasteiger partial charge < -0.3 is 4.74 Å². The Labute approximate surface area is 191 Å². The summed E-state index contributed by atoms with van der Waals surface area (Å²) < 4.78 is 6.13. The summed E-state index contributed by atoms with van der Waals surface area (Å²) >= 11 is 0. The highest BCUT2D eigenvalue weighted by Crippen LogP contribution is 2.24. The lowest BCUT2D eigenvalue weighted by molar-refractivity contribution is -0.123. The topological polar surface area (TPSA) is 29.5 Å². The third-order valence-corrected chi connectivity index (χ3v) is 5.95. The van der Waals surface area contributed by atoms with E-state index in [1.165, 1.54) is 11.1 Å². The predicted molar refractivity (Wildman–Crippen MR) is 129 cm³/mol. The zero-order chi connectivity index (χ0) is 22.0. The Morgan fingerprint density at radius 3 is 1.81 bits per heavy atom. The third kappa shape index (κ3) is 6.25. The maximum absolute atomic E-state index is 13.6. The molecule has 32 heavy (non-hydrogen) atoms. The van der Waals surface area contributed by atoms with E-state index in [9.17, 15) is 4.79 Å². The number of hydrogen-bond donors (Lipinski definition) is 0. The van der Waals surface area contributed by atoms with Crippen LogP contribution in [0.1, 0.15) is 36.0 Å². The fourth-order valence-electron chi connectivity index (χ4n) is 4.23. The van der Waals surface area contributed by atoms with Gasteiger partial charge in [0, 0.05) is 13.1 Å². The van der Waals surface area contributed by atoms with Gasteiger partial charge in [-0.15, -0.1) is 0 Å². The largest absolute Gasteiger partial charge is 0.375 e. The summed E-state index contributed by atoms with van der Waals surface area (Å²) in [6.07, 6.45) is 5.06. The van der Waals surface area contributed by atoms with Crippen molar-refractivity contribution in [2.45, 2.75) is 45.0 Å². The molecule has 0 aliphatic heterocycles. The minimum absolute atomic E-state index is 0.211. The molecule has 1 atom stereocenters. The third-order valence-electron chi connectivity index (χ3n) is 5.95. The Balaban J connectivity index is 1.57. The number of Topliss-reactive ketones (excluding diaryl/α,β-unsaturated/α-hetero) is 1. The Morgan fingerprint density at radius 1 is 0.781 bits per heavy atom. The fourth-order valence-corrected chi connectivity index (χ4v) is 4.23. The number of carbonyl (C=O) groups excluding carboxylic acids is 1. The van der Waals surface area contributed by atoms with Crippen molar-refractivity contribution in [1.82, 2.24) is 4.90 Å². The molecule has 3 aromatic carbocycles. The van der Waals surface area contributed by atoms with Crippen LogP contribution >= 0.6 is 0 Å². The van der Waals surface area contributed by atoms with Gasteiger partial charge in [0.1, 0.15) is 0 Å². The van der Waals surface area contributed by atoms with E-state index in [2.05, 4.69) is 71.6 Å². The molecule has 1 aliphatic carbocycles. The standard InChI is InChI=1S/C29H31NO2/c31-29(27-18-10-11-19-27)28(23-32-22-26-16-8-3-9-17-26)30(20-24-12-4-1-5-13-24)21-25-14-6-2-7-15-25/h1-9,12-18,28H,10-11,19-23H2/t28-/m0/s1. The van der Waals surface area contributed by atoms with Crippen molar-refractivity contribution in [3.8, 4) is 0 Å². The second kappa shape index (κ2) is 11.6. The molecule has 0 amide bonds. The van der Waals surface area contributed by atoms with Gasteiger partial charge in [0.05, 0.1) is 19.3 Å². The quantitative estimate of drug-likeness (QED) is 0.380. The molecule has 0 spiro atoms. The average molecular weight is 426 g/mol. The van der Waals surface area contributed by atoms with Crippen molar-refractivity contribution in [3.63, 3.8) is 0 Å². The highest BCUT2D eigenvalue weighted by Gasteiger charge is 2.29. The first-order chi connectivity index (χ1) is 15.8. The van der Waals surface area contributed by atoms with Crippen LogP contribution in [0.15, 0.2) is 103 Å². The highest BCUT2D eigenvalue weighted by atomic mass is 16.5. The molecule has 3 heteroatoms. The van der Waals surface area contributed by atoms with Crippen LogP contribution < -0.4 is 0 Å². The Bertz CT molecular complexity index is 958. The van der Waals surface area contributed by atoms with Gasteiger partial charge in [-0.1, -0.05) is 97.1 Å². The zero-order valence-electron chi connectivity index (χ0n) is 18.5. The van der Waals surface area contributed by atoms with Crippen LogP contribution in [0.4, 0.5) is 0 Å². The molecule has 3 nitrogen and oxygen atoms in total. The second-order valence-electron chi connectivity index (χ2n) is 8.38. The average Bonchev–Trinajstić information content (AvgIpc) is 3.38. The SMILES string of the molecule is O=C(C1=CCCC1)[C@H](COCc1ccccc1)N(Cc1ccccc1)Cc1ccccc1. The second-order valence-corrected chi connectivity index (χ2v) is 8.38. The number of ketones is 1.